The molecule has 0 spiro atoms. The Morgan fingerprint density at radius 2 is 1.83 bits per heavy atom. The topological polar surface area (TPSA) is 49.4 Å². The molecule has 0 unspecified atom stereocenters. The summed E-state index contributed by atoms with van der Waals surface area (Å²) < 4.78 is 14.3. The van der Waals surface area contributed by atoms with E-state index in [0.717, 1.165) is 24.0 Å². The van der Waals surface area contributed by atoms with Crippen LogP contribution in [0.2, 0.25) is 5.02 Å². The predicted molar refractivity (Wildman–Crippen MR) is 119 cm³/mol. The molecular weight excluding hydrogens is 403 g/mol. The van der Waals surface area contributed by atoms with Crippen molar-refractivity contribution in [1.29, 1.82) is 0 Å². The molecule has 2 aromatic carbocycles. The van der Waals surface area contributed by atoms with Gasteiger partial charge in [-0.1, -0.05) is 67.8 Å². The lowest BCUT2D eigenvalue weighted by atomic mass is 10.1. The molecular formula is C24H30ClFN2O2. The lowest BCUT2D eigenvalue weighted by Gasteiger charge is -2.31. The highest BCUT2D eigenvalue weighted by atomic mass is 35.5. The summed E-state index contributed by atoms with van der Waals surface area (Å²) in [6, 6.07) is 11.5. The summed E-state index contributed by atoms with van der Waals surface area (Å²) >= 11 is 6.13. The summed E-state index contributed by atoms with van der Waals surface area (Å²) in [4.78, 5) is 27.6. The Morgan fingerprint density at radius 3 is 2.43 bits per heavy atom. The third-order valence-corrected chi connectivity index (χ3v) is 5.43. The van der Waals surface area contributed by atoms with Gasteiger partial charge >= 0.3 is 0 Å². The van der Waals surface area contributed by atoms with Gasteiger partial charge in [-0.2, -0.15) is 0 Å². The fourth-order valence-corrected chi connectivity index (χ4v) is 3.50. The van der Waals surface area contributed by atoms with E-state index in [-0.39, 0.29) is 35.4 Å². The highest BCUT2D eigenvalue weighted by Crippen LogP contribution is 2.22. The van der Waals surface area contributed by atoms with Crippen molar-refractivity contribution < 1.29 is 14.0 Å². The van der Waals surface area contributed by atoms with Crippen molar-refractivity contribution in [3.8, 4) is 0 Å². The smallest absolute Gasteiger partial charge is 0.242 e. The molecule has 2 rings (SSSR count). The number of rotatable bonds is 10. The summed E-state index contributed by atoms with van der Waals surface area (Å²) in [5.74, 6) is -1.04. The van der Waals surface area contributed by atoms with Crippen LogP contribution >= 0.6 is 11.6 Å². The standard InChI is InChI=1S/C24H30ClFN2O2/c1-4-6-14-27-24(30)22(5-2)28(16-18-12-10-17(3)11-13-18)23(29)15-19-20(25)8-7-9-21(19)26/h7-13,22H,4-6,14-16H2,1-3H3,(H,27,30)/t22-/m1/s1. The molecule has 0 saturated heterocycles. The summed E-state index contributed by atoms with van der Waals surface area (Å²) in [5.41, 5.74) is 2.17. The van der Waals surface area contributed by atoms with Crippen LogP contribution < -0.4 is 5.32 Å². The summed E-state index contributed by atoms with van der Waals surface area (Å²) in [7, 11) is 0. The van der Waals surface area contributed by atoms with Gasteiger partial charge < -0.3 is 10.2 Å². The molecule has 1 N–H and O–H groups in total. The lowest BCUT2D eigenvalue weighted by Crippen LogP contribution is -2.49. The zero-order chi connectivity index (χ0) is 22.1. The third kappa shape index (κ3) is 6.56. The molecule has 0 aliphatic carbocycles. The first-order valence-electron chi connectivity index (χ1n) is 10.4. The van der Waals surface area contributed by atoms with Gasteiger partial charge in [-0.25, -0.2) is 4.39 Å². The van der Waals surface area contributed by atoms with E-state index in [4.69, 9.17) is 11.6 Å². The minimum atomic E-state index is -0.638. The number of halogens is 2. The molecule has 0 bridgehead atoms. The first-order valence-corrected chi connectivity index (χ1v) is 10.8. The Bertz CT molecular complexity index is 835. The van der Waals surface area contributed by atoms with Crippen LogP contribution in [0.1, 0.15) is 49.8 Å². The van der Waals surface area contributed by atoms with Crippen molar-refractivity contribution in [1.82, 2.24) is 10.2 Å². The Hall–Kier alpha value is -2.40. The Morgan fingerprint density at radius 1 is 1.13 bits per heavy atom. The molecule has 0 fully saturated rings. The molecule has 4 nitrogen and oxygen atoms in total. The lowest BCUT2D eigenvalue weighted by molar-refractivity contribution is -0.141. The number of carbonyl (C=O) groups excluding carboxylic acids is 2. The molecule has 30 heavy (non-hydrogen) atoms. The van der Waals surface area contributed by atoms with E-state index in [1.165, 1.54) is 17.0 Å². The first kappa shape index (κ1) is 23.9. The van der Waals surface area contributed by atoms with Gasteiger partial charge in [0.15, 0.2) is 0 Å². The van der Waals surface area contributed by atoms with E-state index in [9.17, 15) is 14.0 Å². The molecule has 0 aliphatic rings. The third-order valence-electron chi connectivity index (χ3n) is 5.08. The van der Waals surface area contributed by atoms with Crippen LogP contribution in [0.25, 0.3) is 0 Å². The normalized spacial score (nSPS) is 11.8. The maximum absolute atomic E-state index is 14.3. The molecule has 0 aliphatic heterocycles. The summed E-state index contributed by atoms with van der Waals surface area (Å²) in [6.45, 7) is 6.75. The van der Waals surface area contributed by atoms with Crippen molar-refractivity contribution in [2.24, 2.45) is 0 Å². The van der Waals surface area contributed by atoms with Gasteiger partial charge in [0.25, 0.3) is 0 Å². The molecule has 0 saturated carbocycles. The van der Waals surface area contributed by atoms with Crippen molar-refractivity contribution >= 4 is 23.4 Å². The number of hydrogen-bond acceptors (Lipinski definition) is 2. The zero-order valence-corrected chi connectivity index (χ0v) is 18.6. The largest absolute Gasteiger partial charge is 0.354 e. The molecule has 2 amide bonds. The van der Waals surface area contributed by atoms with Gasteiger partial charge in [0, 0.05) is 23.7 Å². The van der Waals surface area contributed by atoms with Gasteiger partial charge in [-0.15, -0.1) is 0 Å². The van der Waals surface area contributed by atoms with Gasteiger partial charge in [0.1, 0.15) is 11.9 Å². The van der Waals surface area contributed by atoms with Crippen LogP contribution in [-0.4, -0.2) is 29.3 Å². The number of nitrogens with one attached hydrogen (secondary N) is 1. The van der Waals surface area contributed by atoms with E-state index in [1.807, 2.05) is 38.1 Å². The Kier molecular flexibility index (Phi) is 9.31. The van der Waals surface area contributed by atoms with E-state index in [0.29, 0.717) is 13.0 Å². The van der Waals surface area contributed by atoms with Gasteiger partial charge in [-0.3, -0.25) is 9.59 Å². The van der Waals surface area contributed by atoms with Crippen molar-refractivity contribution in [3.63, 3.8) is 0 Å². The van der Waals surface area contributed by atoms with E-state index < -0.39 is 11.9 Å². The Balaban J connectivity index is 2.29. The summed E-state index contributed by atoms with van der Waals surface area (Å²) in [6.07, 6.45) is 2.10. The highest BCUT2D eigenvalue weighted by Gasteiger charge is 2.29. The number of benzene rings is 2. The van der Waals surface area contributed by atoms with Crippen LogP contribution in [0.3, 0.4) is 0 Å². The number of nitrogens with zero attached hydrogens (tertiary/aromatic N) is 1. The van der Waals surface area contributed by atoms with E-state index in [1.54, 1.807) is 6.07 Å². The second-order valence-corrected chi connectivity index (χ2v) is 7.86. The van der Waals surface area contributed by atoms with Gasteiger partial charge in [0.05, 0.1) is 6.42 Å². The average Bonchev–Trinajstić information content (AvgIpc) is 2.72. The number of carbonyl (C=O) groups is 2. The predicted octanol–water partition coefficient (Wildman–Crippen LogP) is 5.05. The molecule has 1 atom stereocenters. The molecule has 0 radical (unpaired) electrons. The average molecular weight is 433 g/mol. The number of hydrogen-bond donors (Lipinski definition) is 1. The first-order chi connectivity index (χ1) is 14.4. The van der Waals surface area contributed by atoms with Crippen LogP contribution in [0.5, 0.6) is 0 Å². The quantitative estimate of drug-likeness (QED) is 0.534. The molecule has 2 aromatic rings. The van der Waals surface area contributed by atoms with Crippen molar-refractivity contribution in [3.05, 3.63) is 70.0 Å². The molecule has 162 valence electrons. The van der Waals surface area contributed by atoms with Crippen molar-refractivity contribution in [2.75, 3.05) is 6.54 Å². The number of aryl methyl sites for hydroxylation is 1. The maximum atomic E-state index is 14.3. The van der Waals surface area contributed by atoms with Crippen molar-refractivity contribution in [2.45, 2.75) is 59.0 Å². The summed E-state index contributed by atoms with van der Waals surface area (Å²) in [5, 5.41) is 3.13. The zero-order valence-electron chi connectivity index (χ0n) is 17.9. The SMILES string of the molecule is CCCCNC(=O)[C@@H](CC)N(Cc1ccc(C)cc1)C(=O)Cc1c(F)cccc1Cl. The fourth-order valence-electron chi connectivity index (χ4n) is 3.27. The van der Waals surface area contributed by atoms with E-state index >= 15 is 0 Å². The van der Waals surface area contributed by atoms with Crippen LogP contribution in [0, 0.1) is 12.7 Å². The minimum Gasteiger partial charge on any atom is -0.354 e. The second kappa shape index (κ2) is 11.7. The van der Waals surface area contributed by atoms with Crippen LogP contribution in [-0.2, 0) is 22.6 Å². The second-order valence-electron chi connectivity index (χ2n) is 7.45. The number of amides is 2. The molecule has 0 aromatic heterocycles. The molecule has 0 heterocycles. The van der Waals surface area contributed by atoms with Gasteiger partial charge in [-0.05, 0) is 37.5 Å². The van der Waals surface area contributed by atoms with E-state index in [2.05, 4.69) is 12.2 Å². The number of unbranched alkanes of at least 4 members (excludes halogenated alkanes) is 1. The maximum Gasteiger partial charge on any atom is 0.242 e. The molecule has 6 heteroatoms. The van der Waals surface area contributed by atoms with Gasteiger partial charge in [0.2, 0.25) is 11.8 Å². The Labute approximate surface area is 183 Å². The minimum absolute atomic E-state index is 0.152. The fraction of sp³-hybridized carbons (Fsp3) is 0.417. The monoisotopic (exact) mass is 432 g/mol. The highest BCUT2D eigenvalue weighted by molar-refractivity contribution is 6.31. The van der Waals surface area contributed by atoms with Crippen LogP contribution in [0.4, 0.5) is 4.39 Å². The van der Waals surface area contributed by atoms with Crippen LogP contribution in [0.15, 0.2) is 42.5 Å².